The van der Waals surface area contributed by atoms with E-state index in [9.17, 15) is 4.79 Å². The monoisotopic (exact) mass is 229 g/mol. The fourth-order valence-electron chi connectivity index (χ4n) is 1.72. The fourth-order valence-corrected chi connectivity index (χ4v) is 1.72. The lowest BCUT2D eigenvalue weighted by Gasteiger charge is -2.07. The van der Waals surface area contributed by atoms with E-state index in [4.69, 9.17) is 5.73 Å². The molecule has 1 aromatic heterocycles. The summed E-state index contributed by atoms with van der Waals surface area (Å²) in [7, 11) is 0. The number of hydrogen-bond acceptors (Lipinski definition) is 2. The van der Waals surface area contributed by atoms with Crippen LogP contribution < -0.4 is 5.73 Å². The summed E-state index contributed by atoms with van der Waals surface area (Å²) in [6.07, 6.45) is 0. The molecule has 1 aromatic carbocycles. The largest absolute Gasteiger partial charge is 0.364 e. The van der Waals surface area contributed by atoms with Crippen LogP contribution in [0.1, 0.15) is 30.4 Å². The highest BCUT2D eigenvalue weighted by Crippen LogP contribution is 2.20. The van der Waals surface area contributed by atoms with Crippen molar-refractivity contribution in [3.63, 3.8) is 0 Å². The van der Waals surface area contributed by atoms with E-state index in [0.29, 0.717) is 5.69 Å². The van der Waals surface area contributed by atoms with Gasteiger partial charge < -0.3 is 5.73 Å². The molecule has 4 nitrogen and oxygen atoms in total. The smallest absolute Gasteiger partial charge is 0.267 e. The third kappa shape index (κ3) is 2.20. The highest BCUT2D eigenvalue weighted by molar-refractivity contribution is 5.92. The molecule has 0 bridgehead atoms. The minimum absolute atomic E-state index is 0.106. The molecule has 0 spiro atoms. The summed E-state index contributed by atoms with van der Waals surface area (Å²) in [6, 6.07) is 11.6. The topological polar surface area (TPSA) is 60.9 Å². The number of aromatic nitrogens is 2. The minimum atomic E-state index is -0.451. The van der Waals surface area contributed by atoms with Crippen molar-refractivity contribution in [1.82, 2.24) is 9.78 Å². The Kier molecular flexibility index (Phi) is 2.95. The fraction of sp³-hybridized carbons (Fsp3) is 0.231. The second kappa shape index (κ2) is 4.41. The molecule has 0 atom stereocenters. The SMILES string of the molecule is CC(C)n1nc(-c2ccccc2)cc1C(N)=O. The molecule has 1 amide bonds. The van der Waals surface area contributed by atoms with Gasteiger partial charge in [0.05, 0.1) is 5.69 Å². The zero-order valence-electron chi connectivity index (χ0n) is 9.92. The van der Waals surface area contributed by atoms with E-state index < -0.39 is 5.91 Å². The molecule has 0 unspecified atom stereocenters. The van der Waals surface area contributed by atoms with Crippen molar-refractivity contribution >= 4 is 5.91 Å². The molecule has 2 N–H and O–H groups in total. The molecule has 0 saturated heterocycles. The number of hydrogen-bond donors (Lipinski definition) is 1. The van der Waals surface area contributed by atoms with Gasteiger partial charge in [-0.1, -0.05) is 30.3 Å². The summed E-state index contributed by atoms with van der Waals surface area (Å²) >= 11 is 0. The number of carbonyl (C=O) groups is 1. The third-order valence-corrected chi connectivity index (χ3v) is 2.55. The number of nitrogens with two attached hydrogens (primary N) is 1. The predicted molar refractivity (Wildman–Crippen MR) is 66.6 cm³/mol. The van der Waals surface area contributed by atoms with Gasteiger partial charge in [0.1, 0.15) is 5.69 Å². The first kappa shape index (κ1) is 11.4. The zero-order chi connectivity index (χ0) is 12.4. The van der Waals surface area contributed by atoms with Crippen molar-refractivity contribution in [1.29, 1.82) is 0 Å². The average Bonchev–Trinajstić information content (AvgIpc) is 2.75. The lowest BCUT2D eigenvalue weighted by molar-refractivity contribution is 0.0988. The van der Waals surface area contributed by atoms with Crippen LogP contribution in [0.25, 0.3) is 11.3 Å². The van der Waals surface area contributed by atoms with E-state index in [1.807, 2.05) is 44.2 Å². The van der Waals surface area contributed by atoms with E-state index in [0.717, 1.165) is 11.3 Å². The van der Waals surface area contributed by atoms with Crippen LogP contribution in [0.2, 0.25) is 0 Å². The van der Waals surface area contributed by atoms with Crippen LogP contribution in [0.15, 0.2) is 36.4 Å². The summed E-state index contributed by atoms with van der Waals surface area (Å²) in [6.45, 7) is 3.93. The van der Waals surface area contributed by atoms with Crippen molar-refractivity contribution in [3.05, 3.63) is 42.1 Å². The molecule has 0 saturated carbocycles. The van der Waals surface area contributed by atoms with E-state index in [1.54, 1.807) is 10.7 Å². The van der Waals surface area contributed by atoms with Gasteiger partial charge in [-0.3, -0.25) is 9.48 Å². The van der Waals surface area contributed by atoms with E-state index in [-0.39, 0.29) is 6.04 Å². The predicted octanol–water partition coefficient (Wildman–Crippen LogP) is 2.23. The molecule has 0 aliphatic carbocycles. The molecule has 1 heterocycles. The Morgan fingerprint density at radius 1 is 1.29 bits per heavy atom. The Morgan fingerprint density at radius 3 is 2.41 bits per heavy atom. The first-order valence-electron chi connectivity index (χ1n) is 5.54. The maximum Gasteiger partial charge on any atom is 0.267 e. The second-order valence-corrected chi connectivity index (χ2v) is 4.18. The summed E-state index contributed by atoms with van der Waals surface area (Å²) in [5.41, 5.74) is 7.54. The van der Waals surface area contributed by atoms with Gasteiger partial charge in [-0.25, -0.2) is 0 Å². The summed E-state index contributed by atoms with van der Waals surface area (Å²) in [5.74, 6) is -0.451. The number of nitrogens with zero attached hydrogens (tertiary/aromatic N) is 2. The number of primary amides is 1. The van der Waals surface area contributed by atoms with Crippen LogP contribution in [0, 0.1) is 0 Å². The van der Waals surface area contributed by atoms with Gasteiger partial charge in [0.25, 0.3) is 5.91 Å². The normalized spacial score (nSPS) is 10.8. The number of benzene rings is 1. The van der Waals surface area contributed by atoms with Gasteiger partial charge in [0.2, 0.25) is 0 Å². The Hall–Kier alpha value is -2.10. The quantitative estimate of drug-likeness (QED) is 0.877. The van der Waals surface area contributed by atoms with Crippen LogP contribution in [0.4, 0.5) is 0 Å². The average molecular weight is 229 g/mol. The highest BCUT2D eigenvalue weighted by atomic mass is 16.1. The van der Waals surface area contributed by atoms with Crippen molar-refractivity contribution in [2.75, 3.05) is 0 Å². The van der Waals surface area contributed by atoms with Gasteiger partial charge in [-0.05, 0) is 19.9 Å². The van der Waals surface area contributed by atoms with Gasteiger partial charge in [0, 0.05) is 11.6 Å². The summed E-state index contributed by atoms with van der Waals surface area (Å²) in [4.78, 5) is 11.3. The van der Waals surface area contributed by atoms with Crippen molar-refractivity contribution < 1.29 is 4.79 Å². The molecule has 0 radical (unpaired) electrons. The van der Waals surface area contributed by atoms with Crippen molar-refractivity contribution in [3.8, 4) is 11.3 Å². The first-order chi connectivity index (χ1) is 8.09. The zero-order valence-corrected chi connectivity index (χ0v) is 9.92. The van der Waals surface area contributed by atoms with E-state index >= 15 is 0 Å². The Balaban J connectivity index is 2.51. The van der Waals surface area contributed by atoms with Crippen LogP contribution in [0.5, 0.6) is 0 Å². The minimum Gasteiger partial charge on any atom is -0.364 e. The van der Waals surface area contributed by atoms with Crippen molar-refractivity contribution in [2.24, 2.45) is 5.73 Å². The standard InChI is InChI=1S/C13H15N3O/c1-9(2)16-12(13(14)17)8-11(15-16)10-6-4-3-5-7-10/h3-9H,1-2H3,(H2,14,17). The van der Waals surface area contributed by atoms with E-state index in [2.05, 4.69) is 5.10 Å². The second-order valence-electron chi connectivity index (χ2n) is 4.18. The number of rotatable bonds is 3. The Bertz CT molecular complexity index is 529. The maximum atomic E-state index is 11.3. The molecule has 2 aromatic rings. The molecule has 2 rings (SSSR count). The molecule has 0 aliphatic rings. The van der Waals surface area contributed by atoms with Crippen LogP contribution in [-0.2, 0) is 0 Å². The lowest BCUT2D eigenvalue weighted by Crippen LogP contribution is -2.18. The Labute approximate surface area is 100 Å². The lowest BCUT2D eigenvalue weighted by atomic mass is 10.1. The van der Waals surface area contributed by atoms with Crippen molar-refractivity contribution in [2.45, 2.75) is 19.9 Å². The number of amides is 1. The van der Waals surface area contributed by atoms with Crippen LogP contribution in [0.3, 0.4) is 0 Å². The van der Waals surface area contributed by atoms with Crippen LogP contribution >= 0.6 is 0 Å². The van der Waals surface area contributed by atoms with Crippen LogP contribution in [-0.4, -0.2) is 15.7 Å². The maximum absolute atomic E-state index is 11.3. The molecule has 88 valence electrons. The third-order valence-electron chi connectivity index (χ3n) is 2.55. The first-order valence-corrected chi connectivity index (χ1v) is 5.54. The molecular weight excluding hydrogens is 214 g/mol. The summed E-state index contributed by atoms with van der Waals surface area (Å²) in [5, 5.41) is 4.42. The molecule has 0 fully saturated rings. The van der Waals surface area contributed by atoms with Gasteiger partial charge in [-0.2, -0.15) is 5.10 Å². The molecule has 17 heavy (non-hydrogen) atoms. The molecule has 0 aliphatic heterocycles. The van der Waals surface area contributed by atoms with Gasteiger partial charge >= 0.3 is 0 Å². The number of carbonyl (C=O) groups excluding carboxylic acids is 1. The van der Waals surface area contributed by atoms with Gasteiger partial charge in [0.15, 0.2) is 0 Å². The van der Waals surface area contributed by atoms with Gasteiger partial charge in [-0.15, -0.1) is 0 Å². The molecule has 4 heteroatoms. The summed E-state index contributed by atoms with van der Waals surface area (Å²) < 4.78 is 1.66. The highest BCUT2D eigenvalue weighted by Gasteiger charge is 2.15. The molecular formula is C13H15N3O. The van der Waals surface area contributed by atoms with E-state index in [1.165, 1.54) is 0 Å². The Morgan fingerprint density at radius 2 is 1.94 bits per heavy atom.